The molecule has 2 aliphatic heterocycles. The highest BCUT2D eigenvalue weighted by molar-refractivity contribution is 4.97. The molecule has 1 aliphatic carbocycles. The van der Waals surface area contributed by atoms with Gasteiger partial charge in [0.05, 0.1) is 6.10 Å². The second-order valence-corrected chi connectivity index (χ2v) is 5.97. The summed E-state index contributed by atoms with van der Waals surface area (Å²) < 4.78 is 5.59. The van der Waals surface area contributed by atoms with Gasteiger partial charge in [0.2, 0.25) is 0 Å². The van der Waals surface area contributed by atoms with Gasteiger partial charge in [0.15, 0.2) is 0 Å². The molecule has 4 unspecified atom stereocenters. The van der Waals surface area contributed by atoms with Crippen LogP contribution in [0.25, 0.3) is 0 Å². The van der Waals surface area contributed by atoms with Crippen molar-refractivity contribution in [1.82, 2.24) is 10.2 Å². The van der Waals surface area contributed by atoms with Crippen LogP contribution in [0, 0.1) is 0 Å². The lowest BCUT2D eigenvalue weighted by molar-refractivity contribution is 0.0768. The van der Waals surface area contributed by atoms with Gasteiger partial charge in [-0.1, -0.05) is 6.42 Å². The predicted octanol–water partition coefficient (Wildman–Crippen LogP) is 1.77. The van der Waals surface area contributed by atoms with Crippen LogP contribution in [0.1, 0.15) is 44.9 Å². The van der Waals surface area contributed by atoms with E-state index in [1.807, 2.05) is 7.11 Å². The molecule has 0 radical (unpaired) electrons. The van der Waals surface area contributed by atoms with Gasteiger partial charge in [-0.05, 0) is 45.1 Å². The van der Waals surface area contributed by atoms with Gasteiger partial charge in [-0.25, -0.2) is 0 Å². The van der Waals surface area contributed by atoms with Gasteiger partial charge in [0.1, 0.15) is 0 Å². The molecule has 3 heteroatoms. The number of nitrogens with zero attached hydrogens (tertiary/aromatic N) is 1. The van der Waals surface area contributed by atoms with Crippen molar-refractivity contribution in [2.24, 2.45) is 0 Å². The van der Waals surface area contributed by atoms with Crippen LogP contribution in [0.3, 0.4) is 0 Å². The molecule has 0 aromatic carbocycles. The fourth-order valence-corrected chi connectivity index (χ4v) is 4.12. The van der Waals surface area contributed by atoms with E-state index in [-0.39, 0.29) is 0 Å². The van der Waals surface area contributed by atoms with Crippen molar-refractivity contribution < 1.29 is 4.74 Å². The smallest absolute Gasteiger partial charge is 0.0724 e. The zero-order chi connectivity index (χ0) is 11.7. The number of piperidine rings is 1. The van der Waals surface area contributed by atoms with Crippen molar-refractivity contribution in [2.75, 3.05) is 20.2 Å². The average molecular weight is 238 g/mol. The minimum atomic E-state index is 0.465. The molecule has 4 atom stereocenters. The van der Waals surface area contributed by atoms with E-state index < -0.39 is 0 Å². The molecule has 1 N–H and O–H groups in total. The fourth-order valence-electron chi connectivity index (χ4n) is 4.12. The largest absolute Gasteiger partial charge is 0.380 e. The van der Waals surface area contributed by atoms with Gasteiger partial charge in [0, 0.05) is 31.8 Å². The molecule has 3 fully saturated rings. The summed E-state index contributed by atoms with van der Waals surface area (Å²) in [6, 6.07) is 2.17. The average Bonchev–Trinajstić information content (AvgIpc) is 2.97. The quantitative estimate of drug-likeness (QED) is 0.811. The maximum Gasteiger partial charge on any atom is 0.0724 e. The molecule has 0 aromatic rings. The lowest BCUT2D eigenvalue weighted by Gasteiger charge is -2.34. The van der Waals surface area contributed by atoms with Crippen LogP contribution >= 0.6 is 0 Å². The number of rotatable bonds is 3. The van der Waals surface area contributed by atoms with E-state index in [1.54, 1.807) is 0 Å². The van der Waals surface area contributed by atoms with E-state index in [0.29, 0.717) is 12.1 Å². The van der Waals surface area contributed by atoms with Crippen molar-refractivity contribution >= 4 is 0 Å². The standard InChI is InChI=1S/C14H26N2O/c1-17-14-7-4-5-12(14)15-11-8-10-16-9-3-2-6-13(11)16/h11-15H,2-10H2,1H3. The number of fused-ring (bicyclic) bond motifs is 1. The Bertz CT molecular complexity index is 259. The Labute approximate surface area is 105 Å². The van der Waals surface area contributed by atoms with Crippen molar-refractivity contribution in [2.45, 2.75) is 69.2 Å². The topological polar surface area (TPSA) is 24.5 Å². The van der Waals surface area contributed by atoms with Crippen molar-refractivity contribution in [3.8, 4) is 0 Å². The molecular formula is C14H26N2O. The predicted molar refractivity (Wildman–Crippen MR) is 69.2 cm³/mol. The van der Waals surface area contributed by atoms with Crippen molar-refractivity contribution in [1.29, 1.82) is 0 Å². The van der Waals surface area contributed by atoms with E-state index >= 15 is 0 Å². The molecule has 2 heterocycles. The van der Waals surface area contributed by atoms with Gasteiger partial charge >= 0.3 is 0 Å². The van der Waals surface area contributed by atoms with E-state index in [1.165, 1.54) is 58.0 Å². The Morgan fingerprint density at radius 2 is 1.88 bits per heavy atom. The summed E-state index contributed by atoms with van der Waals surface area (Å²) in [5.41, 5.74) is 0. The molecule has 0 bridgehead atoms. The third-order valence-electron chi connectivity index (χ3n) is 5.04. The maximum atomic E-state index is 5.59. The molecule has 2 saturated heterocycles. The van der Waals surface area contributed by atoms with Crippen LogP contribution in [-0.4, -0.2) is 49.3 Å². The molecule has 3 aliphatic rings. The van der Waals surface area contributed by atoms with Gasteiger partial charge in [-0.15, -0.1) is 0 Å². The van der Waals surface area contributed by atoms with Gasteiger partial charge in [-0.3, -0.25) is 4.90 Å². The molecular weight excluding hydrogens is 212 g/mol. The Morgan fingerprint density at radius 3 is 2.76 bits per heavy atom. The first-order valence-corrected chi connectivity index (χ1v) is 7.41. The molecule has 1 saturated carbocycles. The summed E-state index contributed by atoms with van der Waals surface area (Å²) in [6.07, 6.45) is 9.94. The molecule has 3 rings (SSSR count). The Balaban J connectivity index is 1.58. The normalized spacial score (nSPS) is 42.9. The minimum absolute atomic E-state index is 0.465. The number of hydrogen-bond donors (Lipinski definition) is 1. The van der Waals surface area contributed by atoms with Crippen LogP contribution in [0.2, 0.25) is 0 Å². The fraction of sp³-hybridized carbons (Fsp3) is 1.00. The Morgan fingerprint density at radius 1 is 0.941 bits per heavy atom. The lowest BCUT2D eigenvalue weighted by atomic mass is 9.98. The summed E-state index contributed by atoms with van der Waals surface area (Å²) in [5.74, 6) is 0. The molecule has 0 aromatic heterocycles. The zero-order valence-corrected chi connectivity index (χ0v) is 11.0. The molecule has 17 heavy (non-hydrogen) atoms. The van der Waals surface area contributed by atoms with E-state index in [0.717, 1.165) is 12.1 Å². The summed E-state index contributed by atoms with van der Waals surface area (Å²) in [5, 5.41) is 3.91. The summed E-state index contributed by atoms with van der Waals surface area (Å²) in [6.45, 7) is 2.65. The molecule has 0 spiro atoms. The van der Waals surface area contributed by atoms with Gasteiger partial charge in [0.25, 0.3) is 0 Å². The molecule has 0 amide bonds. The van der Waals surface area contributed by atoms with Gasteiger partial charge in [-0.2, -0.15) is 0 Å². The van der Waals surface area contributed by atoms with Crippen molar-refractivity contribution in [3.05, 3.63) is 0 Å². The zero-order valence-electron chi connectivity index (χ0n) is 11.0. The highest BCUT2D eigenvalue weighted by atomic mass is 16.5. The van der Waals surface area contributed by atoms with E-state index in [4.69, 9.17) is 4.74 Å². The first kappa shape index (κ1) is 11.9. The highest BCUT2D eigenvalue weighted by Gasteiger charge is 2.38. The first-order valence-electron chi connectivity index (χ1n) is 7.41. The number of methoxy groups -OCH3 is 1. The van der Waals surface area contributed by atoms with Crippen LogP contribution in [-0.2, 0) is 4.74 Å². The third kappa shape index (κ3) is 2.38. The van der Waals surface area contributed by atoms with Crippen molar-refractivity contribution in [3.63, 3.8) is 0 Å². The summed E-state index contributed by atoms with van der Waals surface area (Å²) in [7, 11) is 1.87. The number of nitrogens with one attached hydrogen (secondary N) is 1. The highest BCUT2D eigenvalue weighted by Crippen LogP contribution is 2.29. The SMILES string of the molecule is COC1CCCC1NC1CCN2CCCCC12. The maximum absolute atomic E-state index is 5.59. The van der Waals surface area contributed by atoms with E-state index in [9.17, 15) is 0 Å². The van der Waals surface area contributed by atoms with E-state index in [2.05, 4.69) is 10.2 Å². The molecule has 98 valence electrons. The first-order chi connectivity index (χ1) is 8.38. The molecule has 3 nitrogen and oxygen atoms in total. The lowest BCUT2D eigenvalue weighted by Crippen LogP contribution is -2.50. The third-order valence-corrected chi connectivity index (χ3v) is 5.04. The monoisotopic (exact) mass is 238 g/mol. The Kier molecular flexibility index (Phi) is 3.69. The van der Waals surface area contributed by atoms with Crippen LogP contribution in [0.5, 0.6) is 0 Å². The summed E-state index contributed by atoms with van der Waals surface area (Å²) in [4.78, 5) is 2.71. The second kappa shape index (κ2) is 5.25. The Hall–Kier alpha value is -0.120. The van der Waals surface area contributed by atoms with Crippen LogP contribution in [0.15, 0.2) is 0 Å². The summed E-state index contributed by atoms with van der Waals surface area (Å²) >= 11 is 0. The second-order valence-electron chi connectivity index (χ2n) is 5.97. The number of ether oxygens (including phenoxy) is 1. The minimum Gasteiger partial charge on any atom is -0.380 e. The van der Waals surface area contributed by atoms with Gasteiger partial charge < -0.3 is 10.1 Å². The van der Waals surface area contributed by atoms with Crippen LogP contribution < -0.4 is 5.32 Å². The van der Waals surface area contributed by atoms with Crippen LogP contribution in [0.4, 0.5) is 0 Å². The number of hydrogen-bond acceptors (Lipinski definition) is 3.